The number of carbonyl (C=O) groups is 2. The van der Waals surface area contributed by atoms with Gasteiger partial charge in [-0.15, -0.1) is 0 Å². The summed E-state index contributed by atoms with van der Waals surface area (Å²) < 4.78 is 13.3. The van der Waals surface area contributed by atoms with Crippen LogP contribution in [0.2, 0.25) is 0 Å². The number of para-hydroxylation sites is 1. The number of aliphatic carboxylic acids is 1. The van der Waals surface area contributed by atoms with Crippen LogP contribution in [0.4, 0.5) is 10.1 Å². The number of benzene rings is 1. The number of halogens is 1. The zero-order valence-electron chi connectivity index (χ0n) is 11.5. The van der Waals surface area contributed by atoms with Crippen molar-refractivity contribution in [2.75, 3.05) is 11.9 Å². The second kappa shape index (κ2) is 7.59. The summed E-state index contributed by atoms with van der Waals surface area (Å²) in [5.74, 6) is -2.12. The van der Waals surface area contributed by atoms with Crippen LogP contribution in [0.1, 0.15) is 20.3 Å². The summed E-state index contributed by atoms with van der Waals surface area (Å²) in [5.41, 5.74) is 0.0784. The van der Waals surface area contributed by atoms with E-state index in [0.717, 1.165) is 0 Å². The molecule has 0 aromatic heterocycles. The summed E-state index contributed by atoms with van der Waals surface area (Å²) in [6, 6.07) is 5.00. The molecular formula is C14H19FN2O3. The van der Waals surface area contributed by atoms with Crippen molar-refractivity contribution in [1.82, 2.24) is 5.32 Å². The molecule has 1 rings (SSSR count). The first kappa shape index (κ1) is 16.1. The molecular weight excluding hydrogens is 263 g/mol. The van der Waals surface area contributed by atoms with E-state index in [-0.39, 0.29) is 18.2 Å². The summed E-state index contributed by atoms with van der Waals surface area (Å²) in [5, 5.41) is 14.1. The molecule has 1 aromatic rings. The fourth-order valence-corrected chi connectivity index (χ4v) is 1.73. The number of carbonyl (C=O) groups excluding carboxylic acids is 1. The van der Waals surface area contributed by atoms with E-state index in [1.54, 1.807) is 13.0 Å². The fourth-order valence-electron chi connectivity index (χ4n) is 1.73. The Labute approximate surface area is 117 Å². The SMILES string of the molecule is CC[C@H](C)[C@H](NCC(=O)Nc1ccccc1F)C(=O)O. The molecule has 0 heterocycles. The Balaban J connectivity index is 2.54. The number of rotatable bonds is 7. The van der Waals surface area contributed by atoms with Gasteiger partial charge in [-0.2, -0.15) is 0 Å². The maximum atomic E-state index is 13.3. The molecule has 20 heavy (non-hydrogen) atoms. The van der Waals surface area contributed by atoms with Crippen molar-refractivity contribution in [3.63, 3.8) is 0 Å². The summed E-state index contributed by atoms with van der Waals surface area (Å²) in [4.78, 5) is 22.7. The molecule has 5 nitrogen and oxygen atoms in total. The third-order valence-corrected chi connectivity index (χ3v) is 3.11. The lowest BCUT2D eigenvalue weighted by Gasteiger charge is -2.19. The van der Waals surface area contributed by atoms with Crippen molar-refractivity contribution < 1.29 is 19.1 Å². The number of anilines is 1. The van der Waals surface area contributed by atoms with Gasteiger partial charge in [-0.1, -0.05) is 32.4 Å². The van der Waals surface area contributed by atoms with E-state index in [4.69, 9.17) is 5.11 Å². The molecule has 0 radical (unpaired) electrons. The Hall–Kier alpha value is -1.95. The van der Waals surface area contributed by atoms with E-state index in [9.17, 15) is 14.0 Å². The topological polar surface area (TPSA) is 78.4 Å². The second-order valence-electron chi connectivity index (χ2n) is 4.61. The lowest BCUT2D eigenvalue weighted by molar-refractivity contribution is -0.140. The number of carboxylic acid groups (broad SMARTS) is 1. The molecule has 0 saturated carbocycles. The van der Waals surface area contributed by atoms with Gasteiger partial charge >= 0.3 is 5.97 Å². The molecule has 110 valence electrons. The Morgan fingerprint density at radius 2 is 2.00 bits per heavy atom. The Morgan fingerprint density at radius 1 is 1.35 bits per heavy atom. The molecule has 0 unspecified atom stereocenters. The van der Waals surface area contributed by atoms with Crippen LogP contribution in [0.15, 0.2) is 24.3 Å². The van der Waals surface area contributed by atoms with Crippen LogP contribution in [0.5, 0.6) is 0 Å². The van der Waals surface area contributed by atoms with Gasteiger partial charge in [-0.05, 0) is 18.1 Å². The first-order chi connectivity index (χ1) is 9.45. The van der Waals surface area contributed by atoms with Gasteiger partial charge in [0, 0.05) is 0 Å². The maximum absolute atomic E-state index is 13.3. The van der Waals surface area contributed by atoms with Gasteiger partial charge < -0.3 is 10.4 Å². The van der Waals surface area contributed by atoms with E-state index >= 15 is 0 Å². The van der Waals surface area contributed by atoms with E-state index in [1.165, 1.54) is 18.2 Å². The molecule has 2 atom stereocenters. The lowest BCUT2D eigenvalue weighted by atomic mass is 9.99. The van der Waals surface area contributed by atoms with Gasteiger partial charge in [0.25, 0.3) is 0 Å². The normalized spacial score (nSPS) is 13.6. The summed E-state index contributed by atoms with van der Waals surface area (Å²) in [6.07, 6.45) is 0.679. The zero-order chi connectivity index (χ0) is 15.1. The average Bonchev–Trinajstić information content (AvgIpc) is 2.41. The third kappa shape index (κ3) is 4.62. The van der Waals surface area contributed by atoms with Crippen molar-refractivity contribution in [3.05, 3.63) is 30.1 Å². The zero-order valence-corrected chi connectivity index (χ0v) is 11.5. The number of amides is 1. The molecule has 1 amide bonds. The van der Waals surface area contributed by atoms with Crippen LogP contribution in [-0.4, -0.2) is 29.6 Å². The molecule has 0 aliphatic rings. The first-order valence-corrected chi connectivity index (χ1v) is 6.46. The van der Waals surface area contributed by atoms with Crippen molar-refractivity contribution in [2.45, 2.75) is 26.3 Å². The van der Waals surface area contributed by atoms with E-state index in [0.29, 0.717) is 6.42 Å². The van der Waals surface area contributed by atoms with Gasteiger partial charge in [0.2, 0.25) is 5.91 Å². The minimum atomic E-state index is -1.00. The molecule has 0 aliphatic carbocycles. The molecule has 0 saturated heterocycles. The fraction of sp³-hybridized carbons (Fsp3) is 0.429. The van der Waals surface area contributed by atoms with Crippen LogP contribution >= 0.6 is 0 Å². The highest BCUT2D eigenvalue weighted by Crippen LogP contribution is 2.12. The first-order valence-electron chi connectivity index (χ1n) is 6.46. The van der Waals surface area contributed by atoms with Crippen molar-refractivity contribution in [1.29, 1.82) is 0 Å². The van der Waals surface area contributed by atoms with Crippen LogP contribution in [0, 0.1) is 11.7 Å². The van der Waals surface area contributed by atoms with E-state index < -0.39 is 23.7 Å². The Kier molecular flexibility index (Phi) is 6.11. The highest BCUT2D eigenvalue weighted by molar-refractivity contribution is 5.92. The number of nitrogens with one attached hydrogen (secondary N) is 2. The summed E-state index contributed by atoms with van der Waals surface area (Å²) in [7, 11) is 0. The highest BCUT2D eigenvalue weighted by Gasteiger charge is 2.23. The quantitative estimate of drug-likeness (QED) is 0.713. The molecule has 1 aromatic carbocycles. The molecule has 0 bridgehead atoms. The molecule has 0 aliphatic heterocycles. The van der Waals surface area contributed by atoms with Crippen LogP contribution in [0.25, 0.3) is 0 Å². The highest BCUT2D eigenvalue weighted by atomic mass is 19.1. The number of hydrogen-bond donors (Lipinski definition) is 3. The van der Waals surface area contributed by atoms with E-state index in [1.807, 2.05) is 6.92 Å². The van der Waals surface area contributed by atoms with Gasteiger partial charge in [0.05, 0.1) is 12.2 Å². The second-order valence-corrected chi connectivity index (χ2v) is 4.61. The molecule has 3 N–H and O–H groups in total. The standard InChI is InChI=1S/C14H19FN2O3/c1-3-9(2)13(14(19)20)16-8-12(18)17-11-7-5-4-6-10(11)15/h4-7,9,13,16H,3,8H2,1-2H3,(H,17,18)(H,19,20)/t9-,13-/m0/s1. The van der Waals surface area contributed by atoms with Gasteiger partial charge in [-0.3, -0.25) is 14.9 Å². The number of hydrogen-bond acceptors (Lipinski definition) is 3. The molecule has 0 spiro atoms. The Morgan fingerprint density at radius 3 is 2.55 bits per heavy atom. The van der Waals surface area contributed by atoms with Crippen molar-refractivity contribution >= 4 is 17.6 Å². The summed E-state index contributed by atoms with van der Waals surface area (Å²) in [6.45, 7) is 3.48. The molecule has 0 fully saturated rings. The van der Waals surface area contributed by atoms with E-state index in [2.05, 4.69) is 10.6 Å². The van der Waals surface area contributed by atoms with Crippen LogP contribution in [0.3, 0.4) is 0 Å². The minimum Gasteiger partial charge on any atom is -0.480 e. The Bertz CT molecular complexity index is 479. The predicted octanol–water partition coefficient (Wildman–Crippen LogP) is 1.85. The lowest BCUT2D eigenvalue weighted by Crippen LogP contribution is -2.45. The van der Waals surface area contributed by atoms with Gasteiger partial charge in [0.1, 0.15) is 11.9 Å². The van der Waals surface area contributed by atoms with Crippen molar-refractivity contribution in [2.24, 2.45) is 5.92 Å². The number of carboxylic acids is 1. The maximum Gasteiger partial charge on any atom is 0.320 e. The summed E-state index contributed by atoms with van der Waals surface area (Å²) >= 11 is 0. The monoisotopic (exact) mass is 282 g/mol. The van der Waals surface area contributed by atoms with Crippen LogP contribution < -0.4 is 10.6 Å². The van der Waals surface area contributed by atoms with Gasteiger partial charge in [-0.25, -0.2) is 4.39 Å². The average molecular weight is 282 g/mol. The molecule has 6 heteroatoms. The largest absolute Gasteiger partial charge is 0.480 e. The third-order valence-electron chi connectivity index (χ3n) is 3.11. The minimum absolute atomic E-state index is 0.0784. The smallest absolute Gasteiger partial charge is 0.320 e. The van der Waals surface area contributed by atoms with Crippen LogP contribution in [-0.2, 0) is 9.59 Å². The van der Waals surface area contributed by atoms with Crippen molar-refractivity contribution in [3.8, 4) is 0 Å². The predicted molar refractivity (Wildman–Crippen MR) is 73.9 cm³/mol. The van der Waals surface area contributed by atoms with Gasteiger partial charge in [0.15, 0.2) is 0 Å².